The fourth-order valence-corrected chi connectivity index (χ4v) is 4.28. The van der Waals surface area contributed by atoms with Crippen LogP contribution in [0.3, 0.4) is 0 Å². The first kappa shape index (κ1) is 13.8. The number of ether oxygens (including phenoxy) is 2. The Morgan fingerprint density at radius 1 is 1.00 bits per heavy atom. The van der Waals surface area contributed by atoms with Gasteiger partial charge in [-0.2, -0.15) is 0 Å². The van der Waals surface area contributed by atoms with E-state index < -0.39 is 9.84 Å². The SMILES string of the molecule is CC1(C)Oc2ccc(S(=O)(=O)c3ccccc3)cc2[C@@H]2O[C@@H]21. The summed E-state index contributed by atoms with van der Waals surface area (Å²) in [5.74, 6) is 0.704. The molecule has 22 heavy (non-hydrogen) atoms. The highest BCUT2D eigenvalue weighted by atomic mass is 32.2. The molecule has 0 bridgehead atoms. The highest BCUT2D eigenvalue weighted by Crippen LogP contribution is 2.54. The molecule has 2 aliphatic rings. The maximum absolute atomic E-state index is 12.7. The zero-order valence-electron chi connectivity index (χ0n) is 12.3. The number of hydrogen-bond donors (Lipinski definition) is 0. The standard InChI is InChI=1S/C17H16O4S/c1-17(2)16-15(20-16)13-10-12(8-9-14(13)21-17)22(18,19)11-6-4-3-5-7-11/h3-10,15-16H,1-2H3/t15-,16-/m0/s1. The summed E-state index contributed by atoms with van der Waals surface area (Å²) in [6, 6.07) is 13.4. The molecule has 0 amide bonds. The Balaban J connectivity index is 1.79. The van der Waals surface area contributed by atoms with Gasteiger partial charge in [-0.15, -0.1) is 0 Å². The molecule has 0 N–H and O–H groups in total. The van der Waals surface area contributed by atoms with Crippen LogP contribution in [-0.2, 0) is 14.6 Å². The average Bonchev–Trinajstić information content (AvgIpc) is 3.29. The molecule has 5 heteroatoms. The first-order valence-corrected chi connectivity index (χ1v) is 8.66. The molecule has 114 valence electrons. The van der Waals surface area contributed by atoms with Crippen molar-refractivity contribution in [1.82, 2.24) is 0 Å². The van der Waals surface area contributed by atoms with E-state index in [2.05, 4.69) is 0 Å². The summed E-state index contributed by atoms with van der Waals surface area (Å²) in [4.78, 5) is 0.565. The van der Waals surface area contributed by atoms with Crippen molar-refractivity contribution in [2.45, 2.75) is 41.4 Å². The summed E-state index contributed by atoms with van der Waals surface area (Å²) in [7, 11) is -3.52. The van der Waals surface area contributed by atoms with Crippen LogP contribution in [-0.4, -0.2) is 20.1 Å². The van der Waals surface area contributed by atoms with Gasteiger partial charge in [0.2, 0.25) is 9.84 Å². The third-order valence-electron chi connectivity index (χ3n) is 4.20. The summed E-state index contributed by atoms with van der Waals surface area (Å²) < 4.78 is 37.0. The Kier molecular flexibility index (Phi) is 2.72. The lowest BCUT2D eigenvalue weighted by Crippen LogP contribution is -2.37. The molecule has 2 aromatic carbocycles. The van der Waals surface area contributed by atoms with Gasteiger partial charge in [0.25, 0.3) is 0 Å². The van der Waals surface area contributed by atoms with Gasteiger partial charge in [0.15, 0.2) is 0 Å². The molecule has 0 saturated carbocycles. The van der Waals surface area contributed by atoms with Crippen LogP contribution in [0, 0.1) is 0 Å². The van der Waals surface area contributed by atoms with Gasteiger partial charge in [0, 0.05) is 5.56 Å². The Morgan fingerprint density at radius 3 is 2.45 bits per heavy atom. The van der Waals surface area contributed by atoms with Crippen molar-refractivity contribution in [2.75, 3.05) is 0 Å². The summed E-state index contributed by atoms with van der Waals surface area (Å²) in [5.41, 5.74) is 0.443. The van der Waals surface area contributed by atoms with E-state index in [0.29, 0.717) is 10.6 Å². The molecule has 0 aliphatic carbocycles. The Hall–Kier alpha value is -1.85. The number of epoxide rings is 1. The number of fused-ring (bicyclic) bond motifs is 3. The van der Waals surface area contributed by atoms with Crippen LogP contribution in [0.25, 0.3) is 0 Å². The third-order valence-corrected chi connectivity index (χ3v) is 5.97. The van der Waals surface area contributed by atoms with E-state index in [0.717, 1.165) is 5.56 Å². The third kappa shape index (κ3) is 1.96. The van der Waals surface area contributed by atoms with E-state index in [1.807, 2.05) is 13.8 Å². The largest absolute Gasteiger partial charge is 0.485 e. The van der Waals surface area contributed by atoms with Gasteiger partial charge in [0.1, 0.15) is 23.6 Å². The van der Waals surface area contributed by atoms with E-state index in [4.69, 9.17) is 9.47 Å². The normalized spacial score (nSPS) is 24.8. The fraction of sp³-hybridized carbons (Fsp3) is 0.294. The summed E-state index contributed by atoms with van der Waals surface area (Å²) in [6.45, 7) is 3.96. The zero-order valence-corrected chi connectivity index (χ0v) is 13.1. The zero-order chi connectivity index (χ0) is 15.5. The highest BCUT2D eigenvalue weighted by Gasteiger charge is 2.56. The molecule has 2 heterocycles. The minimum absolute atomic E-state index is 0.00493. The van der Waals surface area contributed by atoms with E-state index in [1.54, 1.807) is 48.5 Å². The van der Waals surface area contributed by atoms with Gasteiger partial charge in [-0.1, -0.05) is 18.2 Å². The van der Waals surface area contributed by atoms with Gasteiger partial charge in [0.05, 0.1) is 9.79 Å². The molecular formula is C17H16O4S. The van der Waals surface area contributed by atoms with Crippen LogP contribution in [0.4, 0.5) is 0 Å². The molecule has 2 atom stereocenters. The first-order valence-electron chi connectivity index (χ1n) is 7.18. The number of benzene rings is 2. The number of sulfone groups is 1. The van der Waals surface area contributed by atoms with Crippen LogP contribution in [0.15, 0.2) is 58.3 Å². The van der Waals surface area contributed by atoms with Crippen molar-refractivity contribution in [3.8, 4) is 5.75 Å². The predicted molar refractivity (Wildman–Crippen MR) is 80.7 cm³/mol. The van der Waals surface area contributed by atoms with Gasteiger partial charge in [-0.05, 0) is 44.2 Å². The minimum atomic E-state index is -3.52. The van der Waals surface area contributed by atoms with Crippen molar-refractivity contribution in [3.05, 3.63) is 54.1 Å². The van der Waals surface area contributed by atoms with E-state index in [1.165, 1.54) is 0 Å². The van der Waals surface area contributed by atoms with E-state index >= 15 is 0 Å². The molecule has 2 aliphatic heterocycles. The number of rotatable bonds is 2. The van der Waals surface area contributed by atoms with Crippen LogP contribution < -0.4 is 4.74 Å². The Bertz CT molecular complexity index is 840. The molecule has 1 fully saturated rings. The quantitative estimate of drug-likeness (QED) is 0.799. The monoisotopic (exact) mass is 316 g/mol. The van der Waals surface area contributed by atoms with Crippen molar-refractivity contribution in [1.29, 1.82) is 0 Å². The van der Waals surface area contributed by atoms with Crippen molar-refractivity contribution >= 4 is 9.84 Å². The molecule has 0 radical (unpaired) electrons. The Morgan fingerprint density at radius 2 is 1.73 bits per heavy atom. The van der Waals surface area contributed by atoms with Crippen LogP contribution in [0.5, 0.6) is 5.75 Å². The van der Waals surface area contributed by atoms with Gasteiger partial charge in [-0.25, -0.2) is 8.42 Å². The molecule has 4 nitrogen and oxygen atoms in total. The molecule has 4 rings (SSSR count). The summed E-state index contributed by atoms with van der Waals surface area (Å²) in [5, 5.41) is 0. The van der Waals surface area contributed by atoms with Crippen molar-refractivity contribution in [2.24, 2.45) is 0 Å². The highest BCUT2D eigenvalue weighted by molar-refractivity contribution is 7.91. The summed E-state index contributed by atoms with van der Waals surface area (Å²) >= 11 is 0. The van der Waals surface area contributed by atoms with Gasteiger partial charge < -0.3 is 9.47 Å². The lowest BCUT2D eigenvalue weighted by Gasteiger charge is -2.29. The molecule has 0 spiro atoms. The summed E-state index contributed by atoms with van der Waals surface area (Å²) in [6.07, 6.45) is -0.0700. The second-order valence-corrected chi connectivity index (χ2v) is 8.15. The fourth-order valence-electron chi connectivity index (χ4n) is 2.96. The van der Waals surface area contributed by atoms with Crippen LogP contribution in [0.2, 0.25) is 0 Å². The predicted octanol–water partition coefficient (Wildman–Crippen LogP) is 3.13. The van der Waals surface area contributed by atoms with Gasteiger partial charge in [-0.3, -0.25) is 0 Å². The topological polar surface area (TPSA) is 55.9 Å². The second-order valence-electron chi connectivity index (χ2n) is 6.20. The van der Waals surface area contributed by atoms with Crippen LogP contribution >= 0.6 is 0 Å². The maximum atomic E-state index is 12.7. The van der Waals surface area contributed by atoms with E-state index in [9.17, 15) is 8.42 Å². The molecule has 1 saturated heterocycles. The second kappa shape index (κ2) is 4.33. The number of hydrogen-bond acceptors (Lipinski definition) is 4. The minimum Gasteiger partial charge on any atom is -0.485 e. The first-order chi connectivity index (χ1) is 10.4. The smallest absolute Gasteiger partial charge is 0.206 e. The molecule has 0 aromatic heterocycles. The van der Waals surface area contributed by atoms with E-state index in [-0.39, 0.29) is 22.7 Å². The van der Waals surface area contributed by atoms with Crippen molar-refractivity contribution < 1.29 is 17.9 Å². The van der Waals surface area contributed by atoms with Gasteiger partial charge >= 0.3 is 0 Å². The molecule has 0 unspecified atom stereocenters. The molecular weight excluding hydrogens is 300 g/mol. The molecule has 2 aromatic rings. The van der Waals surface area contributed by atoms with Crippen LogP contribution in [0.1, 0.15) is 25.5 Å². The average molecular weight is 316 g/mol. The Labute approximate surface area is 129 Å². The van der Waals surface area contributed by atoms with Crippen molar-refractivity contribution in [3.63, 3.8) is 0 Å². The maximum Gasteiger partial charge on any atom is 0.206 e. The lowest BCUT2D eigenvalue weighted by atomic mass is 9.94. The lowest BCUT2D eigenvalue weighted by molar-refractivity contribution is 0.0724.